The fourth-order valence-electron chi connectivity index (χ4n) is 3.13. The normalized spacial score (nSPS) is 18.6. The molecule has 1 fully saturated rings. The van der Waals surface area contributed by atoms with Crippen LogP contribution < -0.4 is 0 Å². The molecule has 1 aliphatic rings. The van der Waals surface area contributed by atoms with Crippen LogP contribution in [0.5, 0.6) is 5.75 Å². The molecule has 0 bridgehead atoms. The van der Waals surface area contributed by atoms with Gasteiger partial charge in [0.05, 0.1) is 5.41 Å². The second kappa shape index (κ2) is 4.63. The van der Waals surface area contributed by atoms with E-state index < -0.39 is 11.4 Å². The maximum Gasteiger partial charge on any atom is 0.314 e. The van der Waals surface area contributed by atoms with E-state index in [1.54, 1.807) is 6.07 Å². The summed E-state index contributed by atoms with van der Waals surface area (Å²) in [7, 11) is 0. The number of phenolic OH excluding ortho intramolecular Hbond substituents is 1. The minimum absolute atomic E-state index is 0.127. The van der Waals surface area contributed by atoms with Gasteiger partial charge in [-0.15, -0.1) is 0 Å². The molecular weight excluding hydrogens is 228 g/mol. The summed E-state index contributed by atoms with van der Waals surface area (Å²) in [5.41, 5.74) is 1.70. The molecule has 0 radical (unpaired) electrons. The molecule has 98 valence electrons. The summed E-state index contributed by atoms with van der Waals surface area (Å²) in [6.07, 6.45) is 4.17. The van der Waals surface area contributed by atoms with Crippen LogP contribution in [0, 0.1) is 13.8 Å². The zero-order valence-corrected chi connectivity index (χ0v) is 11.0. The lowest BCUT2D eigenvalue weighted by Crippen LogP contribution is -2.38. The number of aliphatic carboxylic acids is 1. The third kappa shape index (κ3) is 1.88. The van der Waals surface area contributed by atoms with Gasteiger partial charge in [-0.2, -0.15) is 0 Å². The third-order valence-corrected chi connectivity index (χ3v) is 4.31. The van der Waals surface area contributed by atoms with Crippen molar-refractivity contribution >= 4 is 5.97 Å². The third-order valence-electron chi connectivity index (χ3n) is 4.31. The van der Waals surface area contributed by atoms with E-state index in [2.05, 4.69) is 0 Å². The van der Waals surface area contributed by atoms with Crippen LogP contribution in [0.4, 0.5) is 0 Å². The Labute approximate surface area is 107 Å². The van der Waals surface area contributed by atoms with Crippen LogP contribution in [-0.4, -0.2) is 16.2 Å². The number of phenols is 1. The lowest BCUT2D eigenvalue weighted by molar-refractivity contribution is -0.145. The lowest BCUT2D eigenvalue weighted by Gasteiger charge is -2.35. The van der Waals surface area contributed by atoms with Crippen molar-refractivity contribution in [2.24, 2.45) is 0 Å². The van der Waals surface area contributed by atoms with Crippen LogP contribution >= 0.6 is 0 Å². The molecule has 0 saturated heterocycles. The van der Waals surface area contributed by atoms with Crippen LogP contribution in [0.15, 0.2) is 12.1 Å². The van der Waals surface area contributed by atoms with Gasteiger partial charge in [0.25, 0.3) is 0 Å². The first-order valence-corrected chi connectivity index (χ1v) is 6.52. The Morgan fingerprint density at radius 2 is 1.78 bits per heavy atom. The fourth-order valence-corrected chi connectivity index (χ4v) is 3.13. The van der Waals surface area contributed by atoms with Crippen molar-refractivity contribution in [1.82, 2.24) is 0 Å². The molecule has 1 saturated carbocycles. The first-order chi connectivity index (χ1) is 8.49. The van der Waals surface area contributed by atoms with Gasteiger partial charge in [-0.1, -0.05) is 25.3 Å². The Bertz CT molecular complexity index is 471. The molecule has 0 heterocycles. The minimum atomic E-state index is -0.890. The van der Waals surface area contributed by atoms with E-state index in [-0.39, 0.29) is 5.75 Å². The molecule has 18 heavy (non-hydrogen) atoms. The predicted octanol–water partition coefficient (Wildman–Crippen LogP) is 3.30. The Balaban J connectivity index is 2.63. The van der Waals surface area contributed by atoms with Gasteiger partial charge in [0.2, 0.25) is 0 Å². The first-order valence-electron chi connectivity index (χ1n) is 6.52. The molecule has 2 N–H and O–H groups in total. The summed E-state index contributed by atoms with van der Waals surface area (Å²) >= 11 is 0. The van der Waals surface area contributed by atoms with Gasteiger partial charge >= 0.3 is 5.97 Å². The van der Waals surface area contributed by atoms with Crippen LogP contribution in [-0.2, 0) is 10.2 Å². The zero-order chi connectivity index (χ0) is 13.3. The van der Waals surface area contributed by atoms with Crippen molar-refractivity contribution in [1.29, 1.82) is 0 Å². The van der Waals surface area contributed by atoms with Gasteiger partial charge in [-0.25, -0.2) is 0 Å². The molecule has 1 aromatic rings. The van der Waals surface area contributed by atoms with E-state index in [9.17, 15) is 15.0 Å². The van der Waals surface area contributed by atoms with Gasteiger partial charge in [0.15, 0.2) is 0 Å². The number of carboxylic acids is 1. The Hall–Kier alpha value is -1.51. The predicted molar refractivity (Wildman–Crippen MR) is 70.0 cm³/mol. The number of rotatable bonds is 2. The van der Waals surface area contributed by atoms with Crippen LogP contribution in [0.1, 0.15) is 48.8 Å². The van der Waals surface area contributed by atoms with Crippen molar-refractivity contribution in [3.63, 3.8) is 0 Å². The molecule has 0 spiro atoms. The molecule has 3 nitrogen and oxygen atoms in total. The molecule has 0 aliphatic heterocycles. The van der Waals surface area contributed by atoms with E-state index in [4.69, 9.17) is 0 Å². The number of benzene rings is 1. The second-order valence-electron chi connectivity index (χ2n) is 5.35. The average molecular weight is 248 g/mol. The second-order valence-corrected chi connectivity index (χ2v) is 5.35. The number of hydrogen-bond donors (Lipinski definition) is 2. The Morgan fingerprint density at radius 3 is 2.33 bits per heavy atom. The molecule has 0 atom stereocenters. The van der Waals surface area contributed by atoms with Gasteiger partial charge in [-0.05, 0) is 43.9 Å². The van der Waals surface area contributed by atoms with E-state index >= 15 is 0 Å². The van der Waals surface area contributed by atoms with E-state index in [0.29, 0.717) is 18.4 Å². The Kier molecular flexibility index (Phi) is 3.33. The van der Waals surface area contributed by atoms with Crippen molar-refractivity contribution < 1.29 is 15.0 Å². The van der Waals surface area contributed by atoms with Gasteiger partial charge in [0, 0.05) is 5.56 Å². The monoisotopic (exact) mass is 248 g/mol. The number of carbonyl (C=O) groups is 1. The van der Waals surface area contributed by atoms with E-state index in [1.807, 2.05) is 19.9 Å². The first kappa shape index (κ1) is 12.9. The van der Waals surface area contributed by atoms with Crippen LogP contribution in [0.3, 0.4) is 0 Å². The highest BCUT2D eigenvalue weighted by atomic mass is 16.4. The zero-order valence-electron chi connectivity index (χ0n) is 11.0. The molecule has 0 amide bonds. The summed E-state index contributed by atoms with van der Waals surface area (Å²) in [5, 5.41) is 19.8. The molecule has 2 rings (SSSR count). The molecule has 0 aromatic heterocycles. The van der Waals surface area contributed by atoms with Crippen LogP contribution in [0.25, 0.3) is 0 Å². The highest BCUT2D eigenvalue weighted by Gasteiger charge is 2.44. The Morgan fingerprint density at radius 1 is 1.17 bits per heavy atom. The van der Waals surface area contributed by atoms with Crippen molar-refractivity contribution in [3.05, 3.63) is 28.8 Å². The topological polar surface area (TPSA) is 57.5 Å². The quantitative estimate of drug-likeness (QED) is 0.844. The van der Waals surface area contributed by atoms with Crippen molar-refractivity contribution in [2.45, 2.75) is 51.4 Å². The fraction of sp³-hybridized carbons (Fsp3) is 0.533. The largest absolute Gasteiger partial charge is 0.508 e. The smallest absolute Gasteiger partial charge is 0.314 e. The summed E-state index contributed by atoms with van der Waals surface area (Å²) in [6.45, 7) is 3.86. The highest BCUT2D eigenvalue weighted by Crippen LogP contribution is 2.45. The maximum absolute atomic E-state index is 11.8. The minimum Gasteiger partial charge on any atom is -0.508 e. The van der Waals surface area contributed by atoms with Gasteiger partial charge in [0.1, 0.15) is 5.75 Å². The summed E-state index contributed by atoms with van der Waals surface area (Å²) in [6, 6.07) is 3.46. The van der Waals surface area contributed by atoms with Gasteiger partial charge < -0.3 is 10.2 Å². The number of carboxylic acid groups (broad SMARTS) is 1. The number of aromatic hydroxyl groups is 1. The molecule has 1 aliphatic carbocycles. The lowest BCUT2D eigenvalue weighted by atomic mass is 9.67. The van der Waals surface area contributed by atoms with E-state index in [1.165, 1.54) is 0 Å². The maximum atomic E-state index is 11.8. The standard InChI is InChI=1S/C15H20O3/c1-10-6-7-12(16)13(11(10)2)15(14(17)18)8-4-3-5-9-15/h6-7,16H,3-5,8-9H2,1-2H3,(H,17,18). The molecule has 0 unspecified atom stereocenters. The van der Waals surface area contributed by atoms with Gasteiger partial charge in [-0.3, -0.25) is 4.79 Å². The summed E-state index contributed by atoms with van der Waals surface area (Å²) in [5.74, 6) is -0.673. The van der Waals surface area contributed by atoms with E-state index in [0.717, 1.165) is 30.4 Å². The average Bonchev–Trinajstić information content (AvgIpc) is 2.35. The van der Waals surface area contributed by atoms with Crippen molar-refractivity contribution in [3.8, 4) is 5.75 Å². The molecule has 1 aromatic carbocycles. The van der Waals surface area contributed by atoms with Crippen LogP contribution in [0.2, 0.25) is 0 Å². The summed E-state index contributed by atoms with van der Waals surface area (Å²) < 4.78 is 0. The molecule has 3 heteroatoms. The SMILES string of the molecule is Cc1ccc(O)c(C2(C(=O)O)CCCCC2)c1C. The highest BCUT2D eigenvalue weighted by molar-refractivity contribution is 5.83. The number of hydrogen-bond acceptors (Lipinski definition) is 2. The van der Waals surface area contributed by atoms with Crippen molar-refractivity contribution in [2.75, 3.05) is 0 Å². The number of aryl methyl sites for hydroxylation is 1. The molecular formula is C15H20O3. The summed E-state index contributed by atoms with van der Waals surface area (Å²) in [4.78, 5) is 11.8.